The van der Waals surface area contributed by atoms with E-state index in [2.05, 4.69) is 15.2 Å². The highest BCUT2D eigenvalue weighted by Crippen LogP contribution is 2.39. The minimum atomic E-state index is -0.291. The molecule has 1 aromatic rings. The van der Waals surface area contributed by atoms with Crippen LogP contribution in [0.25, 0.3) is 0 Å². The van der Waals surface area contributed by atoms with Crippen molar-refractivity contribution < 1.29 is 4.79 Å². The van der Waals surface area contributed by atoms with E-state index >= 15 is 0 Å². The molecule has 1 heterocycles. The van der Waals surface area contributed by atoms with Gasteiger partial charge in [0.1, 0.15) is 5.01 Å². The molecule has 27 heavy (non-hydrogen) atoms. The minimum Gasteiger partial charge on any atom is -0.355 e. The molecule has 7 heteroatoms. The second-order valence-corrected chi connectivity index (χ2v) is 9.30. The lowest BCUT2D eigenvalue weighted by molar-refractivity contribution is -0.138. The summed E-state index contributed by atoms with van der Waals surface area (Å²) in [5, 5.41) is 4.63. The maximum atomic E-state index is 12.8. The maximum absolute atomic E-state index is 12.8. The van der Waals surface area contributed by atoms with Gasteiger partial charge in [0.25, 0.3) is 0 Å². The number of fused-ring (bicyclic) bond motifs is 1. The quantitative estimate of drug-likeness (QED) is 0.619. The van der Waals surface area contributed by atoms with Gasteiger partial charge < -0.3 is 15.1 Å². The predicted molar refractivity (Wildman–Crippen MR) is 111 cm³/mol. The lowest BCUT2D eigenvalue weighted by Crippen LogP contribution is -2.49. The van der Waals surface area contributed by atoms with Crippen molar-refractivity contribution in [1.82, 2.24) is 20.1 Å². The van der Waals surface area contributed by atoms with Crippen LogP contribution in [0, 0.1) is 5.41 Å². The standard InChI is InChI=1S/C20H33N5OS/c1-21-19(22-14-20(11-7-8-12-20)18(26)24(2)3)25(4)13-17-23-15-9-5-6-10-16(15)27-17/h5-14H2,1-4H3,(H,21,22). The number of aromatic nitrogens is 1. The van der Waals surface area contributed by atoms with E-state index in [-0.39, 0.29) is 11.3 Å². The van der Waals surface area contributed by atoms with Crippen LogP contribution in [0.4, 0.5) is 0 Å². The number of hydrogen-bond donors (Lipinski definition) is 1. The zero-order chi connectivity index (χ0) is 19.4. The molecular weight excluding hydrogens is 358 g/mol. The number of carbonyl (C=O) groups excluding carboxylic acids is 1. The van der Waals surface area contributed by atoms with E-state index in [4.69, 9.17) is 4.98 Å². The first-order valence-corrected chi connectivity index (χ1v) is 10.9. The highest BCUT2D eigenvalue weighted by atomic mass is 32.1. The third-order valence-corrected chi connectivity index (χ3v) is 6.98. The number of amides is 1. The molecule has 0 aromatic carbocycles. The molecule has 1 fully saturated rings. The van der Waals surface area contributed by atoms with Crippen LogP contribution < -0.4 is 5.32 Å². The lowest BCUT2D eigenvalue weighted by Gasteiger charge is -2.32. The van der Waals surface area contributed by atoms with Crippen molar-refractivity contribution in [1.29, 1.82) is 0 Å². The number of hydrogen-bond acceptors (Lipinski definition) is 4. The molecule has 0 saturated heterocycles. The van der Waals surface area contributed by atoms with Gasteiger partial charge in [-0.15, -0.1) is 11.3 Å². The summed E-state index contributed by atoms with van der Waals surface area (Å²) >= 11 is 1.85. The molecular formula is C20H33N5OS. The summed E-state index contributed by atoms with van der Waals surface area (Å²) in [5.74, 6) is 1.07. The van der Waals surface area contributed by atoms with Gasteiger partial charge in [0.2, 0.25) is 5.91 Å². The second-order valence-electron chi connectivity index (χ2n) is 8.13. The van der Waals surface area contributed by atoms with Gasteiger partial charge >= 0.3 is 0 Å². The van der Waals surface area contributed by atoms with Crippen LogP contribution in [-0.4, -0.2) is 61.4 Å². The number of thiazole rings is 1. The van der Waals surface area contributed by atoms with Crippen LogP contribution >= 0.6 is 11.3 Å². The molecule has 3 rings (SSSR count). The summed E-state index contributed by atoms with van der Waals surface area (Å²) in [6.07, 6.45) is 9.01. The predicted octanol–water partition coefficient (Wildman–Crippen LogP) is 2.68. The molecule has 1 saturated carbocycles. The van der Waals surface area contributed by atoms with E-state index in [9.17, 15) is 4.79 Å². The van der Waals surface area contributed by atoms with Crippen LogP contribution in [0.3, 0.4) is 0 Å². The SMILES string of the molecule is CN=C(NCC1(C(=O)N(C)C)CCCC1)N(C)Cc1nc2c(s1)CCCC2. The summed E-state index contributed by atoms with van der Waals surface area (Å²) in [7, 11) is 7.56. The van der Waals surface area contributed by atoms with Crippen molar-refractivity contribution in [3.8, 4) is 0 Å². The third kappa shape index (κ3) is 4.45. The number of guanidine groups is 1. The Morgan fingerprint density at radius 3 is 2.52 bits per heavy atom. The Morgan fingerprint density at radius 2 is 1.89 bits per heavy atom. The average molecular weight is 392 g/mol. The summed E-state index contributed by atoms with van der Waals surface area (Å²) in [6, 6.07) is 0. The van der Waals surface area contributed by atoms with Crippen molar-refractivity contribution in [3.05, 3.63) is 15.6 Å². The van der Waals surface area contributed by atoms with Crippen LogP contribution in [-0.2, 0) is 24.2 Å². The monoisotopic (exact) mass is 391 g/mol. The number of rotatable bonds is 5. The first-order valence-electron chi connectivity index (χ1n) is 10.1. The van der Waals surface area contributed by atoms with Gasteiger partial charge in [-0.1, -0.05) is 12.8 Å². The highest BCUT2D eigenvalue weighted by molar-refractivity contribution is 7.11. The van der Waals surface area contributed by atoms with Crippen molar-refractivity contribution in [2.75, 3.05) is 34.7 Å². The number of nitrogens with zero attached hydrogens (tertiary/aromatic N) is 4. The maximum Gasteiger partial charge on any atom is 0.230 e. The van der Waals surface area contributed by atoms with Crippen LogP contribution in [0.2, 0.25) is 0 Å². The van der Waals surface area contributed by atoms with E-state index in [1.54, 1.807) is 11.9 Å². The van der Waals surface area contributed by atoms with Crippen molar-refractivity contribution >= 4 is 23.2 Å². The van der Waals surface area contributed by atoms with Gasteiger partial charge in [-0.05, 0) is 38.5 Å². The molecule has 1 aromatic heterocycles. The molecule has 1 amide bonds. The highest BCUT2D eigenvalue weighted by Gasteiger charge is 2.42. The van der Waals surface area contributed by atoms with Gasteiger partial charge in [-0.3, -0.25) is 9.79 Å². The molecule has 1 N–H and O–H groups in total. The molecule has 0 radical (unpaired) electrons. The smallest absolute Gasteiger partial charge is 0.230 e. The Bertz CT molecular complexity index is 667. The summed E-state index contributed by atoms with van der Waals surface area (Å²) < 4.78 is 0. The molecule has 0 aliphatic heterocycles. The van der Waals surface area contributed by atoms with Crippen LogP contribution in [0.1, 0.15) is 54.1 Å². The first-order chi connectivity index (χ1) is 12.9. The van der Waals surface area contributed by atoms with Gasteiger partial charge in [0.15, 0.2) is 5.96 Å². The number of aliphatic imine (C=N–C) groups is 1. The van der Waals surface area contributed by atoms with E-state index in [1.807, 2.05) is 32.5 Å². The number of aryl methyl sites for hydroxylation is 2. The Labute approximate surface area is 167 Å². The number of carbonyl (C=O) groups is 1. The van der Waals surface area contributed by atoms with Gasteiger partial charge in [0, 0.05) is 39.6 Å². The molecule has 0 bridgehead atoms. The molecule has 0 atom stereocenters. The zero-order valence-corrected chi connectivity index (χ0v) is 18.0. The summed E-state index contributed by atoms with van der Waals surface area (Å²) in [6.45, 7) is 1.40. The van der Waals surface area contributed by atoms with Gasteiger partial charge in [-0.25, -0.2) is 4.98 Å². The van der Waals surface area contributed by atoms with Gasteiger partial charge in [-0.2, -0.15) is 0 Å². The van der Waals surface area contributed by atoms with Crippen molar-refractivity contribution in [2.24, 2.45) is 10.4 Å². The summed E-state index contributed by atoms with van der Waals surface area (Å²) in [5.41, 5.74) is 1.01. The fraction of sp³-hybridized carbons (Fsp3) is 0.750. The van der Waals surface area contributed by atoms with E-state index in [0.29, 0.717) is 6.54 Å². The van der Waals surface area contributed by atoms with E-state index < -0.39 is 0 Å². The molecule has 2 aliphatic carbocycles. The van der Waals surface area contributed by atoms with Crippen LogP contribution in [0.5, 0.6) is 0 Å². The lowest BCUT2D eigenvalue weighted by atomic mass is 9.84. The van der Waals surface area contributed by atoms with Crippen LogP contribution in [0.15, 0.2) is 4.99 Å². The molecule has 2 aliphatic rings. The van der Waals surface area contributed by atoms with Crippen molar-refractivity contribution in [2.45, 2.75) is 57.9 Å². The zero-order valence-electron chi connectivity index (χ0n) is 17.2. The fourth-order valence-electron chi connectivity index (χ4n) is 4.38. The Kier molecular flexibility index (Phi) is 6.40. The fourth-order valence-corrected chi connectivity index (χ4v) is 5.59. The number of nitrogens with one attached hydrogen (secondary N) is 1. The normalized spacial score (nSPS) is 18.9. The molecule has 0 unspecified atom stereocenters. The molecule has 0 spiro atoms. The van der Waals surface area contributed by atoms with E-state index in [1.165, 1.54) is 29.8 Å². The van der Waals surface area contributed by atoms with E-state index in [0.717, 1.165) is 49.6 Å². The third-order valence-electron chi connectivity index (χ3n) is 5.84. The molecule has 6 nitrogen and oxygen atoms in total. The average Bonchev–Trinajstić information content (AvgIpc) is 3.28. The molecule has 150 valence electrons. The Morgan fingerprint density at radius 1 is 1.19 bits per heavy atom. The second kappa shape index (κ2) is 8.59. The Balaban J connectivity index is 1.62. The first kappa shape index (κ1) is 20.1. The Hall–Kier alpha value is -1.63. The summed E-state index contributed by atoms with van der Waals surface area (Å²) in [4.78, 5) is 27.4. The minimum absolute atomic E-state index is 0.234. The topological polar surface area (TPSA) is 60.8 Å². The van der Waals surface area contributed by atoms with Crippen molar-refractivity contribution in [3.63, 3.8) is 0 Å². The largest absolute Gasteiger partial charge is 0.355 e. The van der Waals surface area contributed by atoms with Gasteiger partial charge in [0.05, 0.1) is 17.7 Å².